The molecule has 0 saturated carbocycles. The number of amides is 2. The summed E-state index contributed by atoms with van der Waals surface area (Å²) in [6.45, 7) is 8.96. The van der Waals surface area contributed by atoms with Gasteiger partial charge in [0.1, 0.15) is 0 Å². The van der Waals surface area contributed by atoms with Gasteiger partial charge in [0.25, 0.3) is 11.8 Å². The molecule has 2 amide bonds. The molecule has 2 aromatic rings. The Morgan fingerprint density at radius 1 is 1.15 bits per heavy atom. The Morgan fingerprint density at radius 3 is 2.41 bits per heavy atom. The number of benzene rings is 2. The van der Waals surface area contributed by atoms with E-state index in [2.05, 4.69) is 5.16 Å². The molecule has 1 heterocycles. The van der Waals surface area contributed by atoms with E-state index in [4.69, 9.17) is 10.6 Å². The summed E-state index contributed by atoms with van der Waals surface area (Å²) in [7, 11) is 0. The third-order valence-electron chi connectivity index (χ3n) is 5.81. The van der Waals surface area contributed by atoms with Crippen molar-refractivity contribution in [1.82, 2.24) is 9.80 Å². The second-order valence-electron chi connectivity index (χ2n) is 8.77. The molecule has 1 aliphatic heterocycles. The van der Waals surface area contributed by atoms with Crippen LogP contribution in [0.2, 0.25) is 0 Å². The first-order chi connectivity index (χ1) is 16.4. The van der Waals surface area contributed by atoms with Crippen molar-refractivity contribution < 1.29 is 14.4 Å². The molecule has 0 aromatic heterocycles. The lowest BCUT2D eigenvalue weighted by Crippen LogP contribution is -2.56. The molecule has 3 rings (SSSR count). The van der Waals surface area contributed by atoms with Crippen molar-refractivity contribution in [3.05, 3.63) is 83.1 Å². The highest BCUT2D eigenvalue weighted by Crippen LogP contribution is 2.25. The molecule has 1 unspecified atom stereocenters. The lowest BCUT2D eigenvalue weighted by atomic mass is 9.97. The average molecular weight is 463 g/mol. The number of allylic oxidation sites excluding steroid dienone is 1. The van der Waals surface area contributed by atoms with E-state index < -0.39 is 6.04 Å². The van der Waals surface area contributed by atoms with Gasteiger partial charge in [0.15, 0.2) is 5.84 Å². The van der Waals surface area contributed by atoms with E-state index in [-0.39, 0.29) is 23.5 Å². The number of hydrogen-bond acceptors (Lipinski definition) is 5. The minimum absolute atomic E-state index is 0.0345. The van der Waals surface area contributed by atoms with Crippen molar-refractivity contribution in [3.8, 4) is 0 Å². The number of aryl methyl sites for hydroxylation is 1. The molecule has 0 spiro atoms. The molecule has 1 aliphatic rings. The van der Waals surface area contributed by atoms with Gasteiger partial charge in [-0.25, -0.2) is 0 Å². The molecule has 34 heavy (non-hydrogen) atoms. The van der Waals surface area contributed by atoms with E-state index in [1.54, 1.807) is 22.8 Å². The number of carbonyl (C=O) groups excluding carboxylic acids is 2. The summed E-state index contributed by atoms with van der Waals surface area (Å²) < 4.78 is 0. The Morgan fingerprint density at radius 2 is 1.82 bits per heavy atom. The lowest BCUT2D eigenvalue weighted by Gasteiger charge is -2.40. The maximum Gasteiger partial charge on any atom is 0.297 e. The number of amidine groups is 1. The van der Waals surface area contributed by atoms with Crippen LogP contribution in [0.1, 0.15) is 48.7 Å². The van der Waals surface area contributed by atoms with Gasteiger partial charge in [0.2, 0.25) is 5.76 Å². The van der Waals surface area contributed by atoms with Gasteiger partial charge in [-0.15, -0.1) is 0 Å². The average Bonchev–Trinajstić information content (AvgIpc) is 2.84. The highest BCUT2D eigenvalue weighted by Gasteiger charge is 2.40. The molecule has 180 valence electrons. The van der Waals surface area contributed by atoms with E-state index in [0.29, 0.717) is 37.5 Å². The number of nitrogens with zero attached hydrogens (tertiary/aromatic N) is 3. The van der Waals surface area contributed by atoms with Crippen molar-refractivity contribution in [2.75, 3.05) is 13.1 Å². The van der Waals surface area contributed by atoms with Crippen molar-refractivity contribution in [2.24, 2.45) is 16.8 Å². The Balaban J connectivity index is 2.05. The number of nitrogens with two attached hydrogens (primary N) is 1. The minimum Gasteiger partial charge on any atom is -0.350 e. The zero-order valence-electron chi connectivity index (χ0n) is 20.4. The smallest absolute Gasteiger partial charge is 0.297 e. The van der Waals surface area contributed by atoms with E-state index in [1.807, 2.05) is 75.4 Å². The summed E-state index contributed by atoms with van der Waals surface area (Å²) in [4.78, 5) is 35.9. The van der Waals surface area contributed by atoms with Crippen LogP contribution in [0.4, 0.5) is 0 Å². The molecule has 7 nitrogen and oxygen atoms in total. The number of hydrogen-bond donors (Lipinski definition) is 1. The predicted octanol–water partition coefficient (Wildman–Crippen LogP) is 4.09. The van der Waals surface area contributed by atoms with Crippen molar-refractivity contribution in [3.63, 3.8) is 0 Å². The van der Waals surface area contributed by atoms with Crippen LogP contribution < -0.4 is 5.73 Å². The molecule has 0 saturated heterocycles. The number of carbonyl (C=O) groups is 2. The van der Waals surface area contributed by atoms with Crippen LogP contribution in [-0.4, -0.2) is 46.6 Å². The summed E-state index contributed by atoms with van der Waals surface area (Å²) in [5.41, 5.74) is 8.43. The third kappa shape index (κ3) is 5.72. The van der Waals surface area contributed by atoms with E-state index in [1.165, 1.54) is 0 Å². The Bertz CT molecular complexity index is 1050. The topological polar surface area (TPSA) is 88.2 Å². The van der Waals surface area contributed by atoms with Gasteiger partial charge in [0.05, 0.1) is 12.6 Å². The summed E-state index contributed by atoms with van der Waals surface area (Å²) >= 11 is 0. The van der Waals surface area contributed by atoms with E-state index in [9.17, 15) is 9.59 Å². The molecule has 1 atom stereocenters. The molecule has 0 fully saturated rings. The standard InChI is InChI=1S/C27H34N4O3/c1-5-23-27(33)31(18-21-10-7-6-8-11-21)25(29-34-23)24(19(2)3)30(17-9-16-28)26(32)22-14-12-20(4)13-15-22/h5-8,10-15,19,24H,9,16-18,28H2,1-4H3/b23-5+. The van der Waals surface area contributed by atoms with Crippen molar-refractivity contribution in [1.29, 1.82) is 0 Å². The number of rotatable bonds is 9. The fourth-order valence-electron chi connectivity index (χ4n) is 4.02. The SMILES string of the molecule is C/C=C1/ON=C(C(C(C)C)N(CCCN)C(=O)c2ccc(C)cc2)N(Cc2ccccc2)C1=O. The Hall–Kier alpha value is -3.45. The fraction of sp³-hybridized carbons (Fsp3) is 0.370. The third-order valence-corrected chi connectivity index (χ3v) is 5.81. The first-order valence-corrected chi connectivity index (χ1v) is 11.7. The molecular weight excluding hydrogens is 428 g/mol. The minimum atomic E-state index is -0.480. The van der Waals surface area contributed by atoms with Crippen molar-refractivity contribution >= 4 is 17.6 Å². The second-order valence-corrected chi connectivity index (χ2v) is 8.77. The fourth-order valence-corrected chi connectivity index (χ4v) is 4.02. The van der Waals surface area contributed by atoms with Gasteiger partial charge in [0, 0.05) is 12.1 Å². The quantitative estimate of drug-likeness (QED) is 0.569. The normalized spacial score (nSPS) is 15.8. The van der Waals surface area contributed by atoms with Gasteiger partial charge in [-0.05, 0) is 56.5 Å². The van der Waals surface area contributed by atoms with Gasteiger partial charge >= 0.3 is 0 Å². The van der Waals surface area contributed by atoms with Crippen LogP contribution in [-0.2, 0) is 16.2 Å². The maximum absolute atomic E-state index is 13.7. The van der Waals surface area contributed by atoms with Crippen LogP contribution in [0.15, 0.2) is 71.6 Å². The zero-order valence-corrected chi connectivity index (χ0v) is 20.4. The van der Waals surface area contributed by atoms with Gasteiger partial charge in [-0.3, -0.25) is 14.5 Å². The van der Waals surface area contributed by atoms with Crippen LogP contribution in [0.3, 0.4) is 0 Å². The van der Waals surface area contributed by atoms with E-state index in [0.717, 1.165) is 11.1 Å². The summed E-state index contributed by atoms with van der Waals surface area (Å²) in [5, 5.41) is 4.38. The molecule has 2 aromatic carbocycles. The van der Waals surface area contributed by atoms with Gasteiger partial charge in [-0.1, -0.05) is 67.0 Å². The van der Waals surface area contributed by atoms with Crippen LogP contribution in [0.5, 0.6) is 0 Å². The first-order valence-electron chi connectivity index (χ1n) is 11.7. The summed E-state index contributed by atoms with van der Waals surface area (Å²) in [6.07, 6.45) is 2.23. The molecular formula is C27H34N4O3. The van der Waals surface area contributed by atoms with Gasteiger partial charge in [-0.2, -0.15) is 0 Å². The lowest BCUT2D eigenvalue weighted by molar-refractivity contribution is -0.129. The largest absolute Gasteiger partial charge is 0.350 e. The van der Waals surface area contributed by atoms with Crippen LogP contribution >= 0.6 is 0 Å². The molecule has 2 N–H and O–H groups in total. The Kier molecular flexibility index (Phi) is 8.60. The predicted molar refractivity (Wildman–Crippen MR) is 134 cm³/mol. The summed E-state index contributed by atoms with van der Waals surface area (Å²) in [5.74, 6) is 0.155. The van der Waals surface area contributed by atoms with Gasteiger partial charge < -0.3 is 15.5 Å². The molecule has 0 radical (unpaired) electrons. The highest BCUT2D eigenvalue weighted by atomic mass is 16.6. The number of oxime groups is 1. The first kappa shape index (κ1) is 25.2. The Labute approximate surface area is 201 Å². The van der Waals surface area contributed by atoms with Crippen LogP contribution in [0.25, 0.3) is 0 Å². The molecule has 7 heteroatoms. The molecule has 0 aliphatic carbocycles. The second kappa shape index (κ2) is 11.6. The van der Waals surface area contributed by atoms with E-state index >= 15 is 0 Å². The van der Waals surface area contributed by atoms with Crippen molar-refractivity contribution in [2.45, 2.75) is 46.7 Å². The maximum atomic E-state index is 13.7. The summed E-state index contributed by atoms with van der Waals surface area (Å²) in [6, 6.07) is 16.7. The zero-order chi connectivity index (χ0) is 24.7. The monoisotopic (exact) mass is 462 g/mol. The molecule has 0 bridgehead atoms. The van der Waals surface area contributed by atoms with Crippen LogP contribution in [0, 0.1) is 12.8 Å². The highest BCUT2D eigenvalue weighted by molar-refractivity contribution is 6.09.